The summed E-state index contributed by atoms with van der Waals surface area (Å²) in [4.78, 5) is 22.0. The Hall–Kier alpha value is 0.776. The van der Waals surface area contributed by atoms with E-state index in [9.17, 15) is 9.59 Å². The van der Waals surface area contributed by atoms with Crippen LogP contribution in [0.1, 0.15) is 13.8 Å². The van der Waals surface area contributed by atoms with E-state index >= 15 is 0 Å². The van der Waals surface area contributed by atoms with Crippen LogP contribution in [-0.4, -0.2) is 16.3 Å². The number of isothiocyanates is 1. The van der Waals surface area contributed by atoms with Crippen molar-refractivity contribution in [2.24, 2.45) is 4.99 Å². The normalized spacial score (nSPS) is 5.00. The molecule has 72 valence electrons. The van der Waals surface area contributed by atoms with Crippen molar-refractivity contribution in [2.45, 2.75) is 13.8 Å². The zero-order valence-electron chi connectivity index (χ0n) is 7.91. The molecule has 4 nitrogen and oxygen atoms in total. The van der Waals surface area contributed by atoms with Crippen molar-refractivity contribution in [3.8, 4) is 5.40 Å². The average molecular weight is 277 g/mol. The van der Waals surface area contributed by atoms with E-state index in [-0.39, 0.29) is 62.5 Å². The summed E-state index contributed by atoms with van der Waals surface area (Å²) < 4.78 is 0. The number of hydrogen-bond acceptors (Lipinski definition) is 5. The van der Waals surface area contributed by atoms with Crippen molar-refractivity contribution >= 4 is 52.8 Å². The van der Waals surface area contributed by atoms with Gasteiger partial charge in [0.05, 0.1) is 5.16 Å². The maximum absolute atomic E-state index is 9.75. The minimum atomic E-state index is -0.361. The number of carbonyl (C=O) groups excluding carboxylic acids is 2. The molecule has 0 fully saturated rings. The molecule has 0 bridgehead atoms. The number of nitrogens with zero attached hydrogens (tertiary/aromatic N) is 2. The molecule has 0 aromatic rings. The second-order valence-corrected chi connectivity index (χ2v) is 2.18. The summed E-state index contributed by atoms with van der Waals surface area (Å²) in [7, 11) is 0. The Morgan fingerprint density at radius 2 is 1.71 bits per heavy atom. The van der Waals surface area contributed by atoms with Gasteiger partial charge in [-0.3, -0.25) is 9.59 Å². The Kier molecular flexibility index (Phi) is 40.6. The minimum Gasteiger partial charge on any atom is -0.696 e. The van der Waals surface area contributed by atoms with Crippen LogP contribution in [0.4, 0.5) is 0 Å². The van der Waals surface area contributed by atoms with Crippen LogP contribution in [0.15, 0.2) is 4.99 Å². The second-order valence-electron chi connectivity index (χ2n) is 1.28. The van der Waals surface area contributed by atoms with E-state index in [0.717, 1.165) is 0 Å². The van der Waals surface area contributed by atoms with E-state index in [1.165, 1.54) is 19.2 Å². The quantitative estimate of drug-likeness (QED) is 0.133. The van der Waals surface area contributed by atoms with E-state index < -0.39 is 0 Å². The van der Waals surface area contributed by atoms with Crippen LogP contribution >= 0.6 is 23.8 Å². The molecule has 0 aliphatic rings. The molecule has 0 rings (SSSR count). The zero-order chi connectivity index (χ0) is 11.3. The molecule has 1 amide bonds. The van der Waals surface area contributed by atoms with Gasteiger partial charge in [0.25, 0.3) is 5.91 Å². The molecular formula is C6H6ClKN2O2S2. The van der Waals surface area contributed by atoms with Crippen LogP contribution < -0.4 is 51.4 Å². The summed E-state index contributed by atoms with van der Waals surface area (Å²) in [6.45, 7) is 2.61. The van der Waals surface area contributed by atoms with E-state index in [1.54, 1.807) is 0 Å². The Labute approximate surface area is 141 Å². The molecule has 0 N–H and O–H groups in total. The van der Waals surface area contributed by atoms with Gasteiger partial charge in [-0.15, -0.1) is 0 Å². The predicted molar refractivity (Wildman–Crippen MR) is 55.2 cm³/mol. The minimum absolute atomic E-state index is 0. The van der Waals surface area contributed by atoms with E-state index in [4.69, 9.17) is 5.26 Å². The van der Waals surface area contributed by atoms with E-state index in [1.807, 2.05) is 5.16 Å². The smallest absolute Gasteiger partial charge is 0.696 e. The first-order chi connectivity index (χ1) is 5.92. The summed E-state index contributed by atoms with van der Waals surface area (Å²) in [5.74, 6) is -0.301. The average Bonchev–Trinajstić information content (AvgIpc) is 1.86. The number of rotatable bonds is 0. The third-order valence-corrected chi connectivity index (χ3v) is 0.294. The number of thiocyanates is 1. The van der Waals surface area contributed by atoms with Gasteiger partial charge in [0, 0.05) is 13.8 Å². The number of halogens is 1. The zero-order valence-corrected chi connectivity index (χ0v) is 13.4. The van der Waals surface area contributed by atoms with Crippen LogP contribution in [0.3, 0.4) is 0 Å². The number of aliphatic imine (C=N–C) groups is 1. The Morgan fingerprint density at radius 3 is 1.71 bits per heavy atom. The van der Waals surface area contributed by atoms with Crippen LogP contribution in [0.5, 0.6) is 0 Å². The van der Waals surface area contributed by atoms with Crippen molar-refractivity contribution in [1.82, 2.24) is 0 Å². The number of amides is 1. The van der Waals surface area contributed by atoms with Gasteiger partial charge < -0.3 is 12.6 Å². The van der Waals surface area contributed by atoms with Crippen molar-refractivity contribution in [3.63, 3.8) is 0 Å². The number of nitriles is 1. The second kappa shape index (κ2) is 23.5. The largest absolute Gasteiger partial charge is 1.00 e. The first kappa shape index (κ1) is 24.1. The van der Waals surface area contributed by atoms with Gasteiger partial charge in [-0.25, -0.2) is 5.26 Å². The molecule has 0 aromatic carbocycles. The predicted octanol–water partition coefficient (Wildman–Crippen LogP) is -1.57. The third kappa shape index (κ3) is 124. The molecule has 0 saturated carbocycles. The first-order valence-electron chi connectivity index (χ1n) is 2.68. The van der Waals surface area contributed by atoms with Gasteiger partial charge in [-0.05, 0) is 23.8 Å². The fourth-order valence-corrected chi connectivity index (χ4v) is 0.193. The number of carbonyl (C=O) groups is 2. The molecular weight excluding hydrogens is 271 g/mol. The van der Waals surface area contributed by atoms with Crippen molar-refractivity contribution in [1.29, 1.82) is 5.26 Å². The Balaban J connectivity index is -0.0000000553. The van der Waals surface area contributed by atoms with E-state index in [0.29, 0.717) is 0 Å². The summed E-state index contributed by atoms with van der Waals surface area (Å²) in [6.07, 6.45) is 0. The molecule has 0 aliphatic heterocycles. The van der Waals surface area contributed by atoms with E-state index in [2.05, 4.69) is 41.4 Å². The van der Waals surface area contributed by atoms with Crippen LogP contribution in [0.25, 0.3) is 0 Å². The summed E-state index contributed by atoms with van der Waals surface area (Å²) in [5.41, 5.74) is 0. The van der Waals surface area contributed by atoms with Gasteiger partial charge in [-0.2, -0.15) is 4.99 Å². The molecule has 14 heavy (non-hydrogen) atoms. The van der Waals surface area contributed by atoms with Crippen molar-refractivity contribution < 1.29 is 61.0 Å². The fraction of sp³-hybridized carbons (Fsp3) is 0.333. The van der Waals surface area contributed by atoms with Gasteiger partial charge in [0.1, 0.15) is 0 Å². The molecule has 0 unspecified atom stereocenters. The number of hydrogen-bond donors (Lipinski definition) is 0. The molecule has 0 heterocycles. The molecule has 0 aromatic heterocycles. The monoisotopic (exact) mass is 276 g/mol. The SMILES string of the molecule is CC(=O)Cl.CC(=O)N=C=S.N#C[S-].[K+]. The van der Waals surface area contributed by atoms with Crippen LogP contribution in [-0.2, 0) is 22.2 Å². The molecule has 0 atom stereocenters. The number of thiocarbonyl (C=S) groups is 1. The van der Waals surface area contributed by atoms with Gasteiger partial charge in [0.15, 0.2) is 0 Å². The summed E-state index contributed by atoms with van der Waals surface area (Å²) in [5, 5.41) is 10.0. The molecule has 8 heteroatoms. The standard InChI is InChI=1S/C3H3NOS.C2H3ClO.CHNS.K/c1-3(5)4-2-6;1-2(3)4;2-1-3;/h1H3;1H3;3H;/q;;;+1/p-1. The van der Waals surface area contributed by atoms with Gasteiger partial charge in [0.2, 0.25) is 5.24 Å². The van der Waals surface area contributed by atoms with Crippen molar-refractivity contribution in [3.05, 3.63) is 0 Å². The van der Waals surface area contributed by atoms with Crippen molar-refractivity contribution in [2.75, 3.05) is 0 Å². The molecule has 0 radical (unpaired) electrons. The third-order valence-electron chi connectivity index (χ3n) is 0.203. The molecule has 0 spiro atoms. The summed E-state index contributed by atoms with van der Waals surface area (Å²) in [6, 6.07) is 0. The summed E-state index contributed by atoms with van der Waals surface area (Å²) >= 11 is 12.4. The first-order valence-corrected chi connectivity index (χ1v) is 3.87. The van der Waals surface area contributed by atoms with Crippen LogP contribution in [0.2, 0.25) is 0 Å². The maximum Gasteiger partial charge on any atom is 1.00 e. The Morgan fingerprint density at radius 1 is 1.50 bits per heavy atom. The Bertz CT molecular complexity index is 245. The van der Waals surface area contributed by atoms with Gasteiger partial charge >= 0.3 is 51.4 Å². The fourth-order valence-electron chi connectivity index (χ4n) is 0.0643. The molecule has 0 saturated heterocycles. The topological polar surface area (TPSA) is 70.3 Å². The molecule has 0 aliphatic carbocycles. The maximum atomic E-state index is 9.75. The van der Waals surface area contributed by atoms with Crippen LogP contribution in [0, 0.1) is 10.7 Å². The van der Waals surface area contributed by atoms with Gasteiger partial charge in [-0.1, -0.05) is 5.40 Å².